The molecule has 0 aromatic heterocycles. The molecule has 1 aliphatic rings. The summed E-state index contributed by atoms with van der Waals surface area (Å²) in [6.07, 6.45) is 1.68. The van der Waals surface area contributed by atoms with Gasteiger partial charge in [-0.15, -0.1) is 0 Å². The zero-order valence-electron chi connectivity index (χ0n) is 18.0. The maximum Gasteiger partial charge on any atom is 0.407 e. The Bertz CT molecular complexity index is 916. The van der Waals surface area contributed by atoms with E-state index in [9.17, 15) is 14.4 Å². The molecule has 2 aromatic carbocycles. The highest BCUT2D eigenvalue weighted by molar-refractivity contribution is 5.79. The third-order valence-electron chi connectivity index (χ3n) is 5.39. The minimum atomic E-state index is -1.19. The lowest BCUT2D eigenvalue weighted by molar-refractivity contribution is -0.149. The van der Waals surface area contributed by atoms with Crippen molar-refractivity contribution in [1.29, 1.82) is 0 Å². The summed E-state index contributed by atoms with van der Waals surface area (Å²) in [6.45, 7) is 1.57. The summed E-state index contributed by atoms with van der Waals surface area (Å²) in [5, 5.41) is 11.3. The van der Waals surface area contributed by atoms with E-state index in [-0.39, 0.29) is 18.9 Å². The number of carboxylic acid groups (broad SMARTS) is 1. The van der Waals surface area contributed by atoms with E-state index in [4.69, 9.17) is 9.84 Å². The highest BCUT2D eigenvalue weighted by Gasteiger charge is 2.29. The van der Waals surface area contributed by atoms with Crippen LogP contribution in [0.15, 0.2) is 48.5 Å². The van der Waals surface area contributed by atoms with Gasteiger partial charge in [0.1, 0.15) is 6.61 Å². The van der Waals surface area contributed by atoms with Crippen LogP contribution >= 0.6 is 0 Å². The average Bonchev–Trinajstić information content (AvgIpc) is 3.09. The number of aliphatic carboxylic acids is 1. The normalized spacial score (nSPS) is 13.0. The SMILES string of the molecule is CCCC[C@@H](CC(=O)NOCC(=O)O)NC(=O)OCC1c2ccccc2-c2ccccc21. The van der Waals surface area contributed by atoms with E-state index >= 15 is 0 Å². The number of hydroxylamine groups is 1. The Morgan fingerprint density at radius 1 is 1.03 bits per heavy atom. The number of fused-ring (bicyclic) bond motifs is 3. The van der Waals surface area contributed by atoms with E-state index in [0.29, 0.717) is 6.42 Å². The first-order valence-electron chi connectivity index (χ1n) is 10.7. The second kappa shape index (κ2) is 11.3. The zero-order valence-corrected chi connectivity index (χ0v) is 18.0. The lowest BCUT2D eigenvalue weighted by Gasteiger charge is -2.19. The molecule has 0 radical (unpaired) electrons. The van der Waals surface area contributed by atoms with E-state index in [1.54, 1.807) is 0 Å². The molecule has 0 saturated carbocycles. The van der Waals surface area contributed by atoms with Gasteiger partial charge in [0.25, 0.3) is 0 Å². The molecule has 8 nitrogen and oxygen atoms in total. The molecule has 170 valence electrons. The van der Waals surface area contributed by atoms with E-state index < -0.39 is 30.6 Å². The number of unbranched alkanes of at least 4 members (excludes halogenated alkanes) is 1. The highest BCUT2D eigenvalue weighted by Crippen LogP contribution is 2.44. The summed E-state index contributed by atoms with van der Waals surface area (Å²) < 4.78 is 5.55. The van der Waals surface area contributed by atoms with Crippen LogP contribution in [0.1, 0.15) is 49.7 Å². The molecule has 32 heavy (non-hydrogen) atoms. The van der Waals surface area contributed by atoms with Crippen LogP contribution < -0.4 is 10.8 Å². The first kappa shape index (κ1) is 23.3. The van der Waals surface area contributed by atoms with Gasteiger partial charge in [0.2, 0.25) is 5.91 Å². The Morgan fingerprint density at radius 3 is 2.25 bits per heavy atom. The number of carbonyl (C=O) groups is 3. The molecule has 3 N–H and O–H groups in total. The number of alkyl carbamates (subject to hydrolysis) is 1. The molecule has 0 saturated heterocycles. The van der Waals surface area contributed by atoms with Crippen molar-refractivity contribution in [2.75, 3.05) is 13.2 Å². The van der Waals surface area contributed by atoms with Crippen LogP contribution in [0.5, 0.6) is 0 Å². The molecule has 3 rings (SSSR count). The van der Waals surface area contributed by atoms with Gasteiger partial charge in [-0.1, -0.05) is 68.3 Å². The maximum absolute atomic E-state index is 12.5. The number of carboxylic acids is 1. The molecular weight excluding hydrogens is 412 g/mol. The quantitative estimate of drug-likeness (QED) is 0.460. The molecule has 0 unspecified atom stereocenters. The first-order valence-corrected chi connectivity index (χ1v) is 10.7. The van der Waals surface area contributed by atoms with Crippen molar-refractivity contribution in [2.24, 2.45) is 0 Å². The van der Waals surface area contributed by atoms with Crippen molar-refractivity contribution < 1.29 is 29.1 Å². The number of carbonyl (C=O) groups excluding carboxylic acids is 2. The number of nitrogens with one attached hydrogen (secondary N) is 2. The van der Waals surface area contributed by atoms with Gasteiger partial charge in [-0.3, -0.25) is 9.63 Å². The van der Waals surface area contributed by atoms with Gasteiger partial charge in [-0.05, 0) is 28.7 Å². The fourth-order valence-corrected chi connectivity index (χ4v) is 3.93. The summed E-state index contributed by atoms with van der Waals surface area (Å²) in [7, 11) is 0. The monoisotopic (exact) mass is 440 g/mol. The van der Waals surface area contributed by atoms with Crippen molar-refractivity contribution in [3.63, 3.8) is 0 Å². The van der Waals surface area contributed by atoms with Crippen LogP contribution in [0.25, 0.3) is 11.1 Å². The maximum atomic E-state index is 12.5. The van der Waals surface area contributed by atoms with Crippen molar-refractivity contribution in [3.05, 3.63) is 59.7 Å². The minimum Gasteiger partial charge on any atom is -0.479 e. The van der Waals surface area contributed by atoms with Crippen LogP contribution in [-0.2, 0) is 19.2 Å². The van der Waals surface area contributed by atoms with Crippen LogP contribution in [0.3, 0.4) is 0 Å². The number of hydrogen-bond donors (Lipinski definition) is 3. The van der Waals surface area contributed by atoms with Gasteiger partial charge >= 0.3 is 12.1 Å². The van der Waals surface area contributed by atoms with Crippen LogP contribution in [0, 0.1) is 0 Å². The lowest BCUT2D eigenvalue weighted by atomic mass is 9.98. The summed E-state index contributed by atoms with van der Waals surface area (Å²) in [5.74, 6) is -1.74. The molecule has 0 fully saturated rings. The van der Waals surface area contributed by atoms with E-state index in [0.717, 1.165) is 35.1 Å². The van der Waals surface area contributed by atoms with E-state index in [2.05, 4.69) is 27.8 Å². The number of hydrogen-bond acceptors (Lipinski definition) is 5. The fraction of sp³-hybridized carbons (Fsp3) is 0.375. The molecular formula is C24H28N2O6. The van der Waals surface area contributed by atoms with Crippen molar-refractivity contribution in [3.8, 4) is 11.1 Å². The highest BCUT2D eigenvalue weighted by atomic mass is 16.7. The molecule has 2 amide bonds. The standard InChI is InChI=1S/C24H28N2O6/c1-2-3-8-16(13-22(27)26-32-15-23(28)29)25-24(30)31-14-21-19-11-6-4-9-17(19)18-10-5-7-12-20(18)21/h4-7,9-12,16,21H,2-3,8,13-15H2,1H3,(H,25,30)(H,26,27)(H,28,29)/t16-/m0/s1. The second-order valence-corrected chi connectivity index (χ2v) is 7.72. The third-order valence-corrected chi connectivity index (χ3v) is 5.39. The van der Waals surface area contributed by atoms with Crippen LogP contribution in [0.2, 0.25) is 0 Å². The fourth-order valence-electron chi connectivity index (χ4n) is 3.93. The Morgan fingerprint density at radius 2 is 1.66 bits per heavy atom. The van der Waals surface area contributed by atoms with Gasteiger partial charge in [-0.2, -0.15) is 0 Å². The minimum absolute atomic E-state index is 0.0379. The summed E-state index contributed by atoms with van der Waals surface area (Å²) >= 11 is 0. The Balaban J connectivity index is 1.57. The summed E-state index contributed by atoms with van der Waals surface area (Å²) in [5.41, 5.74) is 6.63. The molecule has 0 spiro atoms. The van der Waals surface area contributed by atoms with Crippen molar-refractivity contribution >= 4 is 18.0 Å². The predicted molar refractivity (Wildman–Crippen MR) is 118 cm³/mol. The number of benzene rings is 2. The van der Waals surface area contributed by atoms with Gasteiger partial charge in [0.05, 0.1) is 0 Å². The van der Waals surface area contributed by atoms with Crippen LogP contribution in [-0.4, -0.2) is 42.3 Å². The Hall–Kier alpha value is -3.39. The molecule has 8 heteroatoms. The molecule has 0 aliphatic heterocycles. The largest absolute Gasteiger partial charge is 0.479 e. The van der Waals surface area contributed by atoms with Crippen molar-refractivity contribution in [2.45, 2.75) is 44.6 Å². The van der Waals surface area contributed by atoms with E-state index in [1.165, 1.54) is 0 Å². The molecule has 1 atom stereocenters. The Kier molecular flexibility index (Phi) is 8.21. The first-order chi connectivity index (χ1) is 15.5. The topological polar surface area (TPSA) is 114 Å². The second-order valence-electron chi connectivity index (χ2n) is 7.72. The van der Waals surface area contributed by atoms with E-state index in [1.807, 2.05) is 43.3 Å². The van der Waals surface area contributed by atoms with Crippen LogP contribution in [0.4, 0.5) is 4.79 Å². The van der Waals surface area contributed by atoms with Crippen molar-refractivity contribution in [1.82, 2.24) is 10.8 Å². The summed E-state index contributed by atoms with van der Waals surface area (Å²) in [4.78, 5) is 39.6. The van der Waals surface area contributed by atoms with Gasteiger partial charge < -0.3 is 15.2 Å². The molecule has 0 bridgehead atoms. The lowest BCUT2D eigenvalue weighted by Crippen LogP contribution is -2.40. The molecule has 2 aromatic rings. The predicted octanol–water partition coefficient (Wildman–Crippen LogP) is 3.61. The number of amides is 2. The van der Waals surface area contributed by atoms with Gasteiger partial charge in [0, 0.05) is 18.4 Å². The zero-order chi connectivity index (χ0) is 22.9. The molecule has 0 heterocycles. The Labute approximate surface area is 186 Å². The molecule has 1 aliphatic carbocycles. The summed E-state index contributed by atoms with van der Waals surface area (Å²) in [6, 6.07) is 15.7. The third kappa shape index (κ3) is 6.07. The number of rotatable bonds is 11. The smallest absolute Gasteiger partial charge is 0.407 e. The average molecular weight is 440 g/mol. The van der Waals surface area contributed by atoms with Gasteiger partial charge in [0.15, 0.2) is 6.61 Å². The van der Waals surface area contributed by atoms with Gasteiger partial charge in [-0.25, -0.2) is 15.1 Å². The number of ether oxygens (including phenoxy) is 1.